The minimum atomic E-state index is 0.703. The van der Waals surface area contributed by atoms with Crippen LogP contribution >= 0.6 is 0 Å². The molecule has 4 heterocycles. The van der Waals surface area contributed by atoms with E-state index >= 15 is 0 Å². The Balaban J connectivity index is 1.07. The quantitative estimate of drug-likeness (QED) is 0.177. The molecule has 0 saturated heterocycles. The van der Waals surface area contributed by atoms with E-state index < -0.39 is 0 Å². The number of aromatic nitrogens is 5. The van der Waals surface area contributed by atoms with Crippen molar-refractivity contribution in [3.05, 3.63) is 200 Å². The zero-order chi connectivity index (χ0) is 37.5. The predicted molar refractivity (Wildman–Crippen MR) is 236 cm³/mol. The number of rotatable bonds is 5. The van der Waals surface area contributed by atoms with Gasteiger partial charge in [-0.3, -0.25) is 0 Å². The van der Waals surface area contributed by atoms with Crippen LogP contribution in [0, 0.1) is 0 Å². The van der Waals surface area contributed by atoms with E-state index in [-0.39, 0.29) is 0 Å². The summed E-state index contributed by atoms with van der Waals surface area (Å²) in [6.45, 7) is 0. The molecule has 0 fully saturated rings. The summed E-state index contributed by atoms with van der Waals surface area (Å²) >= 11 is 0. The van der Waals surface area contributed by atoms with Gasteiger partial charge < -0.3 is 13.7 Å². The van der Waals surface area contributed by atoms with Crippen molar-refractivity contribution >= 4 is 65.4 Å². The minimum absolute atomic E-state index is 0.703. The van der Waals surface area contributed by atoms with Gasteiger partial charge in [-0.15, -0.1) is 0 Å². The van der Waals surface area contributed by atoms with E-state index in [1.165, 1.54) is 38.1 Å². The fourth-order valence-electron chi connectivity index (χ4n) is 8.86. The first kappa shape index (κ1) is 31.6. The van der Waals surface area contributed by atoms with E-state index in [1.54, 1.807) is 0 Å². The van der Waals surface area contributed by atoms with Gasteiger partial charge in [0.05, 0.1) is 38.8 Å². The monoisotopic (exact) mass is 727 g/mol. The topological polar surface area (TPSA) is 40.6 Å². The highest BCUT2D eigenvalue weighted by Gasteiger charge is 2.19. The Morgan fingerprint density at radius 2 is 0.877 bits per heavy atom. The van der Waals surface area contributed by atoms with E-state index in [2.05, 4.69) is 214 Å². The summed E-state index contributed by atoms with van der Waals surface area (Å²) in [5.41, 5.74) is 13.1. The van der Waals surface area contributed by atoms with Crippen molar-refractivity contribution in [2.75, 3.05) is 0 Å². The standard InChI is InChI=1S/C52H33N5/c1-4-14-37(15-5-1)55-29-28-34-30-44-43-32-36(25-27-48(43)57(50(44)33-49(34)55)39-18-8-3-9-19-39)52-53-45-22-12-10-21-41(45)51(54-52)35-24-26-47-42(31-35)40-20-11-13-23-46(40)56(47)38-16-6-2-7-17-38/h1-33H. The Labute approximate surface area is 328 Å². The summed E-state index contributed by atoms with van der Waals surface area (Å²) in [5.74, 6) is 0.703. The van der Waals surface area contributed by atoms with Crippen LogP contribution < -0.4 is 0 Å². The molecule has 0 aliphatic heterocycles. The molecule has 0 aliphatic rings. The van der Waals surface area contributed by atoms with E-state index in [0.29, 0.717) is 5.82 Å². The summed E-state index contributed by atoms with van der Waals surface area (Å²) in [7, 11) is 0. The molecular formula is C52H33N5. The Hall–Kier alpha value is -7.76. The second-order valence-electron chi connectivity index (χ2n) is 14.7. The fraction of sp³-hybridized carbons (Fsp3) is 0. The van der Waals surface area contributed by atoms with Gasteiger partial charge in [-0.1, -0.05) is 97.1 Å². The van der Waals surface area contributed by atoms with Crippen LogP contribution in [0.5, 0.6) is 0 Å². The van der Waals surface area contributed by atoms with Crippen molar-refractivity contribution in [3.8, 4) is 39.7 Å². The molecule has 0 N–H and O–H groups in total. The lowest BCUT2D eigenvalue weighted by molar-refractivity contribution is 1.12. The number of hydrogen-bond acceptors (Lipinski definition) is 2. The third-order valence-corrected chi connectivity index (χ3v) is 11.4. The average molecular weight is 728 g/mol. The van der Waals surface area contributed by atoms with Crippen LogP contribution in [0.4, 0.5) is 0 Å². The average Bonchev–Trinajstić information content (AvgIpc) is 3.95. The van der Waals surface area contributed by atoms with E-state index in [1.807, 2.05) is 0 Å². The van der Waals surface area contributed by atoms with E-state index in [4.69, 9.17) is 9.97 Å². The largest absolute Gasteiger partial charge is 0.316 e. The highest BCUT2D eigenvalue weighted by Crippen LogP contribution is 2.40. The number of fused-ring (bicyclic) bond motifs is 8. The van der Waals surface area contributed by atoms with Crippen molar-refractivity contribution in [3.63, 3.8) is 0 Å². The SMILES string of the molecule is c1ccc(-n2ccc3cc4c5cc(-c6nc(-c7ccc8c(c7)c7ccccc7n8-c7ccccc7)c7ccccc7n6)ccc5n(-c5ccccc5)c4cc32)cc1. The van der Waals surface area contributed by atoms with Crippen molar-refractivity contribution < 1.29 is 0 Å². The van der Waals surface area contributed by atoms with Crippen LogP contribution in [-0.4, -0.2) is 23.7 Å². The third-order valence-electron chi connectivity index (χ3n) is 11.4. The molecule has 0 atom stereocenters. The Bertz CT molecular complexity index is 3500. The molecule has 0 bridgehead atoms. The molecule has 0 aliphatic carbocycles. The van der Waals surface area contributed by atoms with Gasteiger partial charge in [-0.25, -0.2) is 9.97 Å². The molecule has 0 spiro atoms. The molecule has 0 unspecified atom stereocenters. The molecule has 12 rings (SSSR count). The van der Waals surface area contributed by atoms with Crippen molar-refractivity contribution in [1.29, 1.82) is 0 Å². The second-order valence-corrected chi connectivity index (χ2v) is 14.7. The van der Waals surface area contributed by atoms with Gasteiger partial charge >= 0.3 is 0 Å². The summed E-state index contributed by atoms with van der Waals surface area (Å²) in [6.07, 6.45) is 2.17. The second kappa shape index (κ2) is 12.4. The molecule has 0 saturated carbocycles. The zero-order valence-corrected chi connectivity index (χ0v) is 30.8. The molecule has 5 nitrogen and oxygen atoms in total. The van der Waals surface area contributed by atoms with Gasteiger partial charge in [0.25, 0.3) is 0 Å². The minimum Gasteiger partial charge on any atom is -0.316 e. The molecule has 8 aromatic carbocycles. The smallest absolute Gasteiger partial charge is 0.160 e. The van der Waals surface area contributed by atoms with Crippen molar-refractivity contribution in [2.24, 2.45) is 0 Å². The first-order chi connectivity index (χ1) is 28.3. The van der Waals surface area contributed by atoms with Crippen LogP contribution in [0.15, 0.2) is 200 Å². The third kappa shape index (κ3) is 4.89. The molecular weight excluding hydrogens is 695 g/mol. The molecule has 5 heteroatoms. The van der Waals surface area contributed by atoms with Crippen LogP contribution in [-0.2, 0) is 0 Å². The highest BCUT2D eigenvalue weighted by molar-refractivity contribution is 6.15. The van der Waals surface area contributed by atoms with Gasteiger partial charge in [-0.2, -0.15) is 0 Å². The van der Waals surface area contributed by atoms with Gasteiger partial charge in [0, 0.05) is 66.7 Å². The van der Waals surface area contributed by atoms with Gasteiger partial charge in [0.2, 0.25) is 0 Å². The number of para-hydroxylation sites is 5. The lowest BCUT2D eigenvalue weighted by Gasteiger charge is -2.11. The number of benzene rings is 8. The van der Waals surface area contributed by atoms with Crippen molar-refractivity contribution in [2.45, 2.75) is 0 Å². The van der Waals surface area contributed by atoms with Crippen molar-refractivity contribution in [1.82, 2.24) is 23.7 Å². The maximum absolute atomic E-state index is 5.40. The molecule has 266 valence electrons. The Morgan fingerprint density at radius 1 is 0.333 bits per heavy atom. The van der Waals surface area contributed by atoms with Gasteiger partial charge in [-0.05, 0) is 97.1 Å². The summed E-state index contributed by atoms with van der Waals surface area (Å²) < 4.78 is 7.00. The molecule has 0 amide bonds. The van der Waals surface area contributed by atoms with E-state index in [9.17, 15) is 0 Å². The highest BCUT2D eigenvalue weighted by atomic mass is 15.0. The molecule has 4 aromatic heterocycles. The summed E-state index contributed by atoms with van der Waals surface area (Å²) in [4.78, 5) is 10.6. The van der Waals surface area contributed by atoms with Crippen LogP contribution in [0.1, 0.15) is 0 Å². The summed E-state index contributed by atoms with van der Waals surface area (Å²) in [6, 6.07) is 69.1. The Kier molecular flexibility index (Phi) is 6.86. The van der Waals surface area contributed by atoms with Gasteiger partial charge in [0.1, 0.15) is 0 Å². The normalized spacial score (nSPS) is 11.9. The molecule has 0 radical (unpaired) electrons. The molecule has 57 heavy (non-hydrogen) atoms. The number of hydrogen-bond donors (Lipinski definition) is 0. The lowest BCUT2D eigenvalue weighted by Crippen LogP contribution is -1.96. The van der Waals surface area contributed by atoms with Crippen LogP contribution in [0.2, 0.25) is 0 Å². The summed E-state index contributed by atoms with van der Waals surface area (Å²) in [5, 5.41) is 6.98. The first-order valence-electron chi connectivity index (χ1n) is 19.3. The van der Waals surface area contributed by atoms with E-state index in [0.717, 1.165) is 61.2 Å². The predicted octanol–water partition coefficient (Wildman–Crippen LogP) is 13.1. The maximum atomic E-state index is 5.40. The Morgan fingerprint density at radius 3 is 1.61 bits per heavy atom. The number of nitrogens with zero attached hydrogens (tertiary/aromatic N) is 5. The zero-order valence-electron chi connectivity index (χ0n) is 30.8. The van der Waals surface area contributed by atoms with Gasteiger partial charge in [0.15, 0.2) is 5.82 Å². The fourth-order valence-corrected chi connectivity index (χ4v) is 8.86. The van der Waals surface area contributed by atoms with Crippen LogP contribution in [0.25, 0.3) is 105 Å². The van der Waals surface area contributed by atoms with Crippen LogP contribution in [0.3, 0.4) is 0 Å². The lowest BCUT2D eigenvalue weighted by atomic mass is 10.0. The maximum Gasteiger partial charge on any atom is 0.160 e. The molecule has 12 aromatic rings. The first-order valence-corrected chi connectivity index (χ1v) is 19.3.